The minimum absolute atomic E-state index is 0. The summed E-state index contributed by atoms with van der Waals surface area (Å²) in [5.74, 6) is -0.566. The van der Waals surface area contributed by atoms with E-state index in [9.17, 15) is 19.5 Å². The number of carbonyl (C=O) groups is 3. The molecule has 4 rings (SSSR count). The Hall–Kier alpha value is -4.18. The van der Waals surface area contributed by atoms with Crippen molar-refractivity contribution in [3.8, 4) is 11.5 Å². The van der Waals surface area contributed by atoms with Crippen LogP contribution in [0.1, 0.15) is 70.7 Å². The number of nitrogens with zero attached hydrogens (tertiary/aromatic N) is 1. The van der Waals surface area contributed by atoms with Gasteiger partial charge in [0.15, 0.2) is 11.9 Å². The summed E-state index contributed by atoms with van der Waals surface area (Å²) in [6, 6.07) is 17.7. The Bertz CT molecular complexity index is 1520. The van der Waals surface area contributed by atoms with Crippen molar-refractivity contribution in [2.45, 2.75) is 52.2 Å². The molecule has 0 fully saturated rings. The fraction of sp³-hybridized carbons (Fsp3) is 0.333. The summed E-state index contributed by atoms with van der Waals surface area (Å²) in [6.45, 7) is 8.44. The first-order valence-corrected chi connectivity index (χ1v) is 13.9. The van der Waals surface area contributed by atoms with Gasteiger partial charge in [-0.15, -0.1) is 17.0 Å². The second-order valence-electron chi connectivity index (χ2n) is 11.2. The lowest BCUT2D eigenvalue weighted by Crippen LogP contribution is -2.31. The van der Waals surface area contributed by atoms with Crippen molar-refractivity contribution in [2.75, 3.05) is 20.2 Å². The number of benzene rings is 3. The number of halogens is 1. The number of ketones is 1. The number of carboxylic acids is 1. The normalized spacial score (nSPS) is 13.0. The summed E-state index contributed by atoms with van der Waals surface area (Å²) in [5.41, 5.74) is 3.29. The second-order valence-corrected chi connectivity index (χ2v) is 11.2. The van der Waals surface area contributed by atoms with Crippen molar-refractivity contribution < 1.29 is 29.0 Å². The molecule has 1 unspecified atom stereocenters. The van der Waals surface area contributed by atoms with Gasteiger partial charge in [0.25, 0.3) is 5.91 Å². The van der Waals surface area contributed by atoms with Crippen LogP contribution in [0.2, 0.25) is 0 Å². The van der Waals surface area contributed by atoms with E-state index in [0.717, 1.165) is 11.1 Å². The van der Waals surface area contributed by atoms with Crippen molar-refractivity contribution in [1.29, 1.82) is 5.41 Å². The molecule has 10 heteroatoms. The highest BCUT2D eigenvalue weighted by atomic mass is 79.9. The van der Waals surface area contributed by atoms with E-state index in [1.807, 2.05) is 58.0 Å². The maximum Gasteiger partial charge on any atom is 0.345 e. The highest BCUT2D eigenvalue weighted by Crippen LogP contribution is 2.34. The van der Waals surface area contributed by atoms with E-state index in [1.165, 1.54) is 7.05 Å². The summed E-state index contributed by atoms with van der Waals surface area (Å²) in [5, 5.41) is 21.2. The van der Waals surface area contributed by atoms with Crippen molar-refractivity contribution in [2.24, 2.45) is 0 Å². The SMILES string of the molecule is Br.CCOc1cc2c(cc1C(=O)NC)C(=N)N(CC(=O)c1ccc(OC(Cc3ccccc3)C(=O)O)c(C(C)(C)C)c1)C2. The molecule has 0 spiro atoms. The van der Waals surface area contributed by atoms with Crippen molar-refractivity contribution in [1.82, 2.24) is 10.2 Å². The zero-order valence-electron chi connectivity index (χ0n) is 25.0. The third kappa shape index (κ3) is 7.62. The molecule has 0 saturated carbocycles. The van der Waals surface area contributed by atoms with Crippen LogP contribution in [0.5, 0.6) is 11.5 Å². The van der Waals surface area contributed by atoms with E-state index >= 15 is 0 Å². The van der Waals surface area contributed by atoms with Gasteiger partial charge in [-0.2, -0.15) is 0 Å². The molecule has 228 valence electrons. The summed E-state index contributed by atoms with van der Waals surface area (Å²) in [6.07, 6.45) is -0.898. The van der Waals surface area contributed by atoms with Gasteiger partial charge in [-0.05, 0) is 53.8 Å². The van der Waals surface area contributed by atoms with Crippen LogP contribution in [-0.4, -0.2) is 59.8 Å². The number of rotatable bonds is 11. The minimum atomic E-state index is -1.10. The van der Waals surface area contributed by atoms with Gasteiger partial charge in [-0.25, -0.2) is 4.79 Å². The van der Waals surface area contributed by atoms with Crippen LogP contribution in [0.25, 0.3) is 0 Å². The zero-order valence-corrected chi connectivity index (χ0v) is 26.7. The standard InChI is InChI=1S/C33H37N3O6.BrH/c1-6-41-28-16-22-18-36(30(34)23(22)17-24(28)31(38)35-5)19-26(37)21-12-13-27(25(15-21)33(2,3)4)42-29(32(39)40)14-20-10-8-7-9-11-20;/h7-13,15-17,29,34H,6,14,18-19H2,1-5H3,(H,35,38)(H,39,40);1H. The van der Waals surface area contributed by atoms with Gasteiger partial charge in [-0.1, -0.05) is 51.1 Å². The molecular weight excluding hydrogens is 614 g/mol. The van der Waals surface area contributed by atoms with Crippen LogP contribution in [0.3, 0.4) is 0 Å². The Morgan fingerprint density at radius 3 is 2.35 bits per heavy atom. The number of carbonyl (C=O) groups excluding carboxylic acids is 2. The maximum atomic E-state index is 13.5. The number of aliphatic carboxylic acids is 1. The predicted octanol–water partition coefficient (Wildman–Crippen LogP) is 5.42. The predicted molar refractivity (Wildman–Crippen MR) is 170 cm³/mol. The van der Waals surface area contributed by atoms with E-state index in [1.54, 1.807) is 35.2 Å². The van der Waals surface area contributed by atoms with Crippen LogP contribution >= 0.6 is 17.0 Å². The molecule has 1 atom stereocenters. The van der Waals surface area contributed by atoms with Crippen LogP contribution in [0.4, 0.5) is 0 Å². The first-order valence-electron chi connectivity index (χ1n) is 13.9. The summed E-state index contributed by atoms with van der Waals surface area (Å²) in [7, 11) is 1.54. The van der Waals surface area contributed by atoms with Gasteiger partial charge in [0.05, 0.1) is 18.7 Å². The van der Waals surface area contributed by atoms with Crippen LogP contribution < -0.4 is 14.8 Å². The number of Topliss-reactive ketones (excluding diaryl/α,β-unsaturated/α-hetero) is 1. The highest BCUT2D eigenvalue weighted by Gasteiger charge is 2.30. The lowest BCUT2D eigenvalue weighted by Gasteiger charge is -2.26. The van der Waals surface area contributed by atoms with E-state index in [2.05, 4.69) is 5.32 Å². The number of ether oxygens (including phenoxy) is 2. The average Bonchev–Trinajstić information content (AvgIpc) is 3.25. The van der Waals surface area contributed by atoms with E-state index in [4.69, 9.17) is 14.9 Å². The minimum Gasteiger partial charge on any atom is -0.493 e. The third-order valence-electron chi connectivity index (χ3n) is 7.16. The Kier molecular flexibility index (Phi) is 10.7. The van der Waals surface area contributed by atoms with Gasteiger partial charge in [-0.3, -0.25) is 15.0 Å². The van der Waals surface area contributed by atoms with Gasteiger partial charge in [0.2, 0.25) is 0 Å². The maximum absolute atomic E-state index is 13.5. The molecular formula is C33H38BrN3O6. The molecule has 43 heavy (non-hydrogen) atoms. The molecule has 1 heterocycles. The molecule has 9 nitrogen and oxygen atoms in total. The van der Waals surface area contributed by atoms with Crippen molar-refractivity contribution >= 4 is 40.5 Å². The lowest BCUT2D eigenvalue weighted by atomic mass is 9.85. The summed E-state index contributed by atoms with van der Waals surface area (Å²) in [4.78, 5) is 39.6. The lowest BCUT2D eigenvalue weighted by molar-refractivity contribution is -0.145. The molecule has 3 N–H and O–H groups in total. The molecule has 1 aliphatic rings. The molecule has 1 aliphatic heterocycles. The first kappa shape index (κ1) is 33.3. The Morgan fingerprint density at radius 1 is 1.05 bits per heavy atom. The number of fused-ring (bicyclic) bond motifs is 1. The summed E-state index contributed by atoms with van der Waals surface area (Å²) >= 11 is 0. The molecule has 0 radical (unpaired) electrons. The van der Waals surface area contributed by atoms with Gasteiger partial charge in [0, 0.05) is 36.7 Å². The highest BCUT2D eigenvalue weighted by molar-refractivity contribution is 8.93. The van der Waals surface area contributed by atoms with Gasteiger partial charge >= 0.3 is 5.97 Å². The molecule has 0 aromatic heterocycles. The fourth-order valence-electron chi connectivity index (χ4n) is 4.97. The van der Waals surface area contributed by atoms with E-state index in [0.29, 0.717) is 46.9 Å². The number of nitrogens with one attached hydrogen (secondary N) is 2. The Morgan fingerprint density at radius 2 is 1.74 bits per heavy atom. The van der Waals surface area contributed by atoms with Crippen molar-refractivity contribution in [3.63, 3.8) is 0 Å². The number of carboxylic acid groups (broad SMARTS) is 1. The van der Waals surface area contributed by atoms with E-state index < -0.39 is 17.5 Å². The molecule has 0 bridgehead atoms. The van der Waals surface area contributed by atoms with Gasteiger partial charge in [0.1, 0.15) is 17.3 Å². The summed E-state index contributed by atoms with van der Waals surface area (Å²) < 4.78 is 11.7. The quantitative estimate of drug-likeness (QED) is 0.236. The Balaban J connectivity index is 0.00000506. The topological polar surface area (TPSA) is 129 Å². The van der Waals surface area contributed by atoms with Crippen molar-refractivity contribution in [3.05, 3.63) is 94.0 Å². The molecule has 1 amide bonds. The second kappa shape index (κ2) is 13.9. The molecule has 0 aliphatic carbocycles. The van der Waals surface area contributed by atoms with E-state index in [-0.39, 0.29) is 47.5 Å². The molecule has 3 aromatic rings. The number of amidine groups is 1. The third-order valence-corrected chi connectivity index (χ3v) is 7.16. The van der Waals surface area contributed by atoms with Crippen LogP contribution in [0.15, 0.2) is 60.7 Å². The van der Waals surface area contributed by atoms with Gasteiger partial charge < -0.3 is 24.8 Å². The first-order chi connectivity index (χ1) is 19.9. The zero-order chi connectivity index (χ0) is 30.6. The number of amides is 1. The number of hydrogen-bond donors (Lipinski definition) is 3. The monoisotopic (exact) mass is 651 g/mol. The Labute approximate surface area is 262 Å². The van der Waals surface area contributed by atoms with Crippen LogP contribution in [0, 0.1) is 5.41 Å². The number of hydrogen-bond acceptors (Lipinski definition) is 6. The smallest absolute Gasteiger partial charge is 0.345 e. The molecule has 0 saturated heterocycles. The molecule has 3 aromatic carbocycles. The largest absolute Gasteiger partial charge is 0.493 e. The van der Waals surface area contributed by atoms with Crippen LogP contribution in [-0.2, 0) is 23.2 Å². The average molecular weight is 653 g/mol. The fourth-order valence-corrected chi connectivity index (χ4v) is 4.97.